The van der Waals surface area contributed by atoms with Crippen LogP contribution in [-0.2, 0) is 10.8 Å². The van der Waals surface area contributed by atoms with Crippen LogP contribution in [0.1, 0.15) is 86.0 Å². The summed E-state index contributed by atoms with van der Waals surface area (Å²) < 4.78 is 5.09. The Morgan fingerprint density at radius 1 is 1.09 bits per heavy atom. The Kier molecular flexibility index (Phi) is 5.82. The SMILES string of the molecule is CC1(C)CCC(C)(C)c2cc(-c3csc(C4CCN(C(=O)c5ccc([N+](=O)[O-])o5)CC4)n3)ccc21. The number of fused-ring (bicyclic) bond motifs is 1. The van der Waals surface area contributed by atoms with Crippen LogP contribution in [0, 0.1) is 10.1 Å². The lowest BCUT2D eigenvalue weighted by molar-refractivity contribution is -0.402. The fraction of sp³-hybridized carbons (Fsp3) is 0.481. The molecule has 1 amide bonds. The van der Waals surface area contributed by atoms with Gasteiger partial charge in [0.2, 0.25) is 0 Å². The van der Waals surface area contributed by atoms with Gasteiger partial charge in [-0.3, -0.25) is 14.9 Å². The highest BCUT2D eigenvalue weighted by atomic mass is 32.1. The number of furan rings is 1. The first-order chi connectivity index (χ1) is 16.5. The van der Waals surface area contributed by atoms with Crippen molar-refractivity contribution < 1.29 is 14.1 Å². The molecular formula is C27H31N3O4S. The van der Waals surface area contributed by atoms with Gasteiger partial charge in [-0.15, -0.1) is 11.3 Å². The third-order valence-corrected chi connectivity index (χ3v) is 8.79. The van der Waals surface area contributed by atoms with Gasteiger partial charge in [0.15, 0.2) is 5.76 Å². The number of hydrogen-bond donors (Lipinski definition) is 0. The van der Waals surface area contributed by atoms with E-state index in [0.29, 0.717) is 19.0 Å². The van der Waals surface area contributed by atoms with E-state index in [1.54, 1.807) is 16.2 Å². The average molecular weight is 494 g/mol. The van der Waals surface area contributed by atoms with Gasteiger partial charge in [0.05, 0.1) is 16.8 Å². The molecule has 5 rings (SSSR count). The van der Waals surface area contributed by atoms with Gasteiger partial charge in [-0.1, -0.05) is 39.8 Å². The largest absolute Gasteiger partial charge is 0.433 e. The van der Waals surface area contributed by atoms with Crippen molar-refractivity contribution in [2.24, 2.45) is 0 Å². The van der Waals surface area contributed by atoms with E-state index in [1.165, 1.54) is 41.7 Å². The molecule has 35 heavy (non-hydrogen) atoms. The van der Waals surface area contributed by atoms with Gasteiger partial charge in [0.1, 0.15) is 4.92 Å². The number of thiazole rings is 1. The third-order valence-electron chi connectivity index (χ3n) is 7.78. The minimum absolute atomic E-state index is 0.0187. The second-order valence-electron chi connectivity index (χ2n) is 11.1. The van der Waals surface area contributed by atoms with Crippen LogP contribution in [0.2, 0.25) is 0 Å². The summed E-state index contributed by atoms with van der Waals surface area (Å²) in [5.74, 6) is -0.384. The van der Waals surface area contributed by atoms with Crippen LogP contribution in [0.15, 0.2) is 40.1 Å². The second-order valence-corrected chi connectivity index (χ2v) is 12.0. The van der Waals surface area contributed by atoms with E-state index < -0.39 is 10.8 Å². The number of nitro groups is 1. The normalized spacial score (nSPS) is 19.4. The molecule has 3 aromatic rings. The molecule has 0 radical (unpaired) electrons. The molecule has 7 nitrogen and oxygen atoms in total. The minimum Gasteiger partial charge on any atom is -0.395 e. The molecular weight excluding hydrogens is 462 g/mol. The van der Waals surface area contributed by atoms with Crippen molar-refractivity contribution in [1.82, 2.24) is 9.88 Å². The zero-order chi connectivity index (χ0) is 25.0. The van der Waals surface area contributed by atoms with Crippen LogP contribution in [-0.4, -0.2) is 33.8 Å². The Morgan fingerprint density at radius 2 is 1.77 bits per heavy atom. The van der Waals surface area contributed by atoms with Crippen molar-refractivity contribution in [3.63, 3.8) is 0 Å². The molecule has 0 N–H and O–H groups in total. The summed E-state index contributed by atoms with van der Waals surface area (Å²) >= 11 is 1.69. The minimum atomic E-state index is -0.631. The molecule has 0 unspecified atom stereocenters. The van der Waals surface area contributed by atoms with Gasteiger partial charge >= 0.3 is 5.88 Å². The highest BCUT2D eigenvalue weighted by Gasteiger charge is 2.37. The van der Waals surface area contributed by atoms with Crippen molar-refractivity contribution in [3.05, 3.63) is 67.7 Å². The van der Waals surface area contributed by atoms with Crippen LogP contribution in [0.4, 0.5) is 5.88 Å². The predicted molar refractivity (Wildman–Crippen MR) is 136 cm³/mol. The molecule has 0 bridgehead atoms. The zero-order valence-electron chi connectivity index (χ0n) is 20.7. The predicted octanol–water partition coefficient (Wildman–Crippen LogP) is 6.68. The molecule has 0 spiro atoms. The van der Waals surface area contributed by atoms with E-state index in [0.717, 1.165) is 23.5 Å². The quantitative estimate of drug-likeness (QED) is 0.299. The summed E-state index contributed by atoms with van der Waals surface area (Å²) in [6, 6.07) is 9.46. The van der Waals surface area contributed by atoms with Gasteiger partial charge in [-0.05, 0) is 59.8 Å². The first-order valence-electron chi connectivity index (χ1n) is 12.2. The maximum absolute atomic E-state index is 12.7. The number of carbonyl (C=O) groups is 1. The van der Waals surface area contributed by atoms with E-state index in [-0.39, 0.29) is 22.5 Å². The fourth-order valence-electron chi connectivity index (χ4n) is 5.38. The third kappa shape index (κ3) is 4.40. The van der Waals surface area contributed by atoms with Crippen molar-refractivity contribution in [3.8, 4) is 11.3 Å². The molecule has 1 aromatic carbocycles. The standard InChI is InChI=1S/C27H31N3O4S/c1-26(2)11-12-27(3,4)20-15-18(5-6-19(20)26)21-16-35-24(28-21)17-9-13-29(14-10-17)25(31)22-7-8-23(34-22)30(32)33/h5-8,15-17H,9-14H2,1-4H3. The van der Waals surface area contributed by atoms with Gasteiger partial charge < -0.3 is 9.32 Å². The van der Waals surface area contributed by atoms with Gasteiger partial charge in [0.25, 0.3) is 5.91 Å². The monoisotopic (exact) mass is 493 g/mol. The van der Waals surface area contributed by atoms with Crippen molar-refractivity contribution in [2.75, 3.05) is 13.1 Å². The average Bonchev–Trinajstić information content (AvgIpc) is 3.52. The lowest BCUT2D eigenvalue weighted by atomic mass is 9.63. The molecule has 1 fully saturated rings. The number of hydrogen-bond acceptors (Lipinski definition) is 6. The van der Waals surface area contributed by atoms with E-state index in [2.05, 4.69) is 51.3 Å². The summed E-state index contributed by atoms with van der Waals surface area (Å²) in [4.78, 5) is 29.6. The molecule has 2 aromatic heterocycles. The van der Waals surface area contributed by atoms with Crippen LogP contribution < -0.4 is 0 Å². The first-order valence-corrected chi connectivity index (χ1v) is 13.1. The Hall–Kier alpha value is -3.00. The topological polar surface area (TPSA) is 89.5 Å². The van der Waals surface area contributed by atoms with Crippen molar-refractivity contribution >= 4 is 23.1 Å². The van der Waals surface area contributed by atoms with Crippen molar-refractivity contribution in [1.29, 1.82) is 0 Å². The lowest BCUT2D eigenvalue weighted by Crippen LogP contribution is -2.37. The molecule has 1 saturated heterocycles. The van der Waals surface area contributed by atoms with Crippen LogP contribution in [0.5, 0.6) is 0 Å². The fourth-order valence-corrected chi connectivity index (χ4v) is 6.38. The van der Waals surface area contributed by atoms with E-state index in [1.807, 2.05) is 0 Å². The number of amides is 1. The van der Waals surface area contributed by atoms with E-state index in [4.69, 9.17) is 9.40 Å². The van der Waals surface area contributed by atoms with Gasteiger partial charge in [-0.2, -0.15) is 0 Å². The summed E-state index contributed by atoms with van der Waals surface area (Å²) in [5, 5.41) is 14.1. The maximum Gasteiger partial charge on any atom is 0.433 e. The number of likely N-dealkylation sites (tertiary alicyclic amines) is 1. The number of benzene rings is 1. The lowest BCUT2D eigenvalue weighted by Gasteiger charge is -2.42. The Morgan fingerprint density at radius 3 is 2.43 bits per heavy atom. The number of rotatable bonds is 4. The number of carbonyl (C=O) groups excluding carboxylic acids is 1. The van der Waals surface area contributed by atoms with Crippen LogP contribution >= 0.6 is 11.3 Å². The smallest absolute Gasteiger partial charge is 0.395 e. The first kappa shape index (κ1) is 23.7. The molecule has 0 atom stereocenters. The van der Waals surface area contributed by atoms with Gasteiger partial charge in [-0.25, -0.2) is 4.98 Å². The van der Waals surface area contributed by atoms with Crippen LogP contribution in [0.3, 0.4) is 0 Å². The Labute approximate surface area is 209 Å². The molecule has 184 valence electrons. The Bertz CT molecular complexity index is 1280. The van der Waals surface area contributed by atoms with E-state index >= 15 is 0 Å². The summed E-state index contributed by atoms with van der Waals surface area (Å²) in [7, 11) is 0. The molecule has 8 heteroatoms. The Balaban J connectivity index is 1.29. The summed E-state index contributed by atoms with van der Waals surface area (Å²) in [6.45, 7) is 10.5. The molecule has 3 heterocycles. The maximum atomic E-state index is 12.7. The molecule has 2 aliphatic rings. The van der Waals surface area contributed by atoms with Crippen molar-refractivity contribution in [2.45, 2.75) is 70.1 Å². The zero-order valence-corrected chi connectivity index (χ0v) is 21.5. The van der Waals surface area contributed by atoms with Gasteiger partial charge in [0, 0.05) is 30.0 Å². The molecule has 0 saturated carbocycles. The van der Waals surface area contributed by atoms with E-state index in [9.17, 15) is 14.9 Å². The highest BCUT2D eigenvalue weighted by molar-refractivity contribution is 7.10. The molecule has 1 aliphatic heterocycles. The summed E-state index contributed by atoms with van der Waals surface area (Å²) in [6.07, 6.45) is 4.01. The van der Waals surface area contributed by atoms with Crippen LogP contribution in [0.25, 0.3) is 11.3 Å². The molecule has 1 aliphatic carbocycles. The number of aromatic nitrogens is 1. The second kappa shape index (κ2) is 8.59. The summed E-state index contributed by atoms with van der Waals surface area (Å²) in [5.41, 5.74) is 5.44. The highest BCUT2D eigenvalue weighted by Crippen LogP contribution is 2.47. The number of piperidine rings is 1. The number of nitrogens with zero attached hydrogens (tertiary/aromatic N) is 3.